The van der Waals surface area contributed by atoms with E-state index in [0.717, 1.165) is 28.9 Å². The first kappa shape index (κ1) is 20.2. The van der Waals surface area contributed by atoms with E-state index in [1.54, 1.807) is 6.92 Å². The highest BCUT2D eigenvalue weighted by Gasteiger charge is 2.11. The molecular weight excluding hydrogens is 364 g/mol. The van der Waals surface area contributed by atoms with Crippen molar-refractivity contribution in [1.29, 1.82) is 0 Å². The van der Waals surface area contributed by atoms with Gasteiger partial charge in [-0.15, -0.1) is 0 Å². The highest BCUT2D eigenvalue weighted by atomic mass is 16.5. The van der Waals surface area contributed by atoms with E-state index in [0.29, 0.717) is 13.2 Å². The molecule has 0 saturated carbocycles. The number of carboxylic acid groups (broad SMARTS) is 1. The van der Waals surface area contributed by atoms with Crippen molar-refractivity contribution in [1.82, 2.24) is 0 Å². The molecule has 0 heterocycles. The van der Waals surface area contributed by atoms with E-state index in [2.05, 4.69) is 12.1 Å². The summed E-state index contributed by atoms with van der Waals surface area (Å²) >= 11 is 0. The summed E-state index contributed by atoms with van der Waals surface area (Å²) < 4.78 is 11.3. The molecule has 0 aliphatic rings. The van der Waals surface area contributed by atoms with Gasteiger partial charge >= 0.3 is 5.97 Å². The maximum absolute atomic E-state index is 11.4. The number of ether oxygens (including phenoxy) is 2. The fraction of sp³-hybridized carbons (Fsp3) is 0.160. The van der Waals surface area contributed by atoms with E-state index < -0.39 is 5.97 Å². The Morgan fingerprint density at radius 3 is 2.21 bits per heavy atom. The monoisotopic (exact) mass is 388 g/mol. The predicted octanol–water partition coefficient (Wildman–Crippen LogP) is 5.32. The molecule has 0 atom stereocenters. The molecule has 0 saturated heterocycles. The van der Waals surface area contributed by atoms with Crippen LogP contribution in [0.4, 0.5) is 0 Å². The van der Waals surface area contributed by atoms with E-state index in [1.165, 1.54) is 11.6 Å². The summed E-state index contributed by atoms with van der Waals surface area (Å²) in [6.45, 7) is 2.49. The van der Waals surface area contributed by atoms with Crippen LogP contribution in [-0.4, -0.2) is 17.7 Å². The molecule has 3 aromatic carbocycles. The summed E-state index contributed by atoms with van der Waals surface area (Å²) in [6.07, 6.45) is 2.25. The van der Waals surface area contributed by atoms with Crippen LogP contribution in [0.2, 0.25) is 0 Å². The van der Waals surface area contributed by atoms with Crippen LogP contribution in [-0.2, 0) is 22.6 Å². The minimum atomic E-state index is -1.09. The molecular formula is C25H24O4. The second kappa shape index (κ2) is 10.1. The van der Waals surface area contributed by atoms with E-state index in [4.69, 9.17) is 9.47 Å². The van der Waals surface area contributed by atoms with Gasteiger partial charge < -0.3 is 14.6 Å². The van der Waals surface area contributed by atoms with Gasteiger partial charge in [-0.05, 0) is 41.3 Å². The summed E-state index contributed by atoms with van der Waals surface area (Å²) in [5.74, 6) is -0.447. The van der Waals surface area contributed by atoms with Crippen LogP contribution in [0.1, 0.15) is 29.2 Å². The van der Waals surface area contributed by atoms with Crippen LogP contribution < -0.4 is 4.74 Å². The molecule has 3 aromatic rings. The molecule has 0 spiro atoms. The minimum absolute atomic E-state index is 0.0858. The molecule has 29 heavy (non-hydrogen) atoms. The zero-order valence-electron chi connectivity index (χ0n) is 16.4. The molecule has 0 aliphatic carbocycles. The third kappa shape index (κ3) is 5.98. The Balaban J connectivity index is 1.90. The van der Waals surface area contributed by atoms with Crippen LogP contribution in [0.25, 0.3) is 6.08 Å². The Hall–Kier alpha value is -3.53. The number of carbonyl (C=O) groups is 1. The van der Waals surface area contributed by atoms with Crippen molar-refractivity contribution >= 4 is 12.0 Å². The Morgan fingerprint density at radius 2 is 1.59 bits per heavy atom. The zero-order valence-corrected chi connectivity index (χ0v) is 16.4. The first-order valence-corrected chi connectivity index (χ1v) is 9.57. The van der Waals surface area contributed by atoms with Gasteiger partial charge in [0.25, 0.3) is 0 Å². The molecule has 1 N–H and O–H groups in total. The van der Waals surface area contributed by atoms with Crippen LogP contribution in [0.15, 0.2) is 84.6 Å². The second-order valence-corrected chi connectivity index (χ2v) is 6.55. The number of rotatable bonds is 9. The van der Waals surface area contributed by atoms with Crippen molar-refractivity contribution in [3.05, 3.63) is 107 Å². The van der Waals surface area contributed by atoms with E-state index in [9.17, 15) is 9.90 Å². The fourth-order valence-corrected chi connectivity index (χ4v) is 2.96. The first-order valence-electron chi connectivity index (χ1n) is 9.57. The molecule has 4 nitrogen and oxygen atoms in total. The van der Waals surface area contributed by atoms with Crippen molar-refractivity contribution in [3.63, 3.8) is 0 Å². The van der Waals surface area contributed by atoms with Gasteiger partial charge in [0.05, 0.1) is 6.61 Å². The molecule has 148 valence electrons. The fourth-order valence-electron chi connectivity index (χ4n) is 2.96. The van der Waals surface area contributed by atoms with Crippen molar-refractivity contribution < 1.29 is 19.4 Å². The summed E-state index contributed by atoms with van der Waals surface area (Å²) in [5, 5.41) is 9.31. The lowest BCUT2D eigenvalue weighted by Gasteiger charge is -2.13. The maximum Gasteiger partial charge on any atom is 0.371 e. The van der Waals surface area contributed by atoms with Crippen LogP contribution >= 0.6 is 0 Å². The van der Waals surface area contributed by atoms with Gasteiger partial charge in [0.2, 0.25) is 5.76 Å². The Labute approximate surface area is 171 Å². The topological polar surface area (TPSA) is 55.8 Å². The van der Waals surface area contributed by atoms with Gasteiger partial charge in [0.15, 0.2) is 0 Å². The molecule has 4 heteroatoms. The third-order valence-electron chi connectivity index (χ3n) is 4.37. The number of hydrogen-bond donors (Lipinski definition) is 1. The molecule has 0 radical (unpaired) electrons. The van der Waals surface area contributed by atoms with Gasteiger partial charge in [-0.2, -0.15) is 0 Å². The lowest BCUT2D eigenvalue weighted by molar-refractivity contribution is -0.136. The van der Waals surface area contributed by atoms with Crippen LogP contribution in [0.3, 0.4) is 0 Å². The average molecular weight is 388 g/mol. The van der Waals surface area contributed by atoms with Gasteiger partial charge in [-0.25, -0.2) is 4.79 Å². The molecule has 0 fully saturated rings. The molecule has 0 aliphatic heterocycles. The van der Waals surface area contributed by atoms with Gasteiger partial charge in [0, 0.05) is 6.42 Å². The lowest BCUT2D eigenvalue weighted by atomic mass is 10.0. The molecule has 0 aromatic heterocycles. The molecule has 0 unspecified atom stereocenters. The smallest absolute Gasteiger partial charge is 0.371 e. The lowest BCUT2D eigenvalue weighted by Crippen LogP contribution is -2.05. The summed E-state index contributed by atoms with van der Waals surface area (Å²) in [6, 6.07) is 25.8. The number of hydrogen-bond acceptors (Lipinski definition) is 3. The van der Waals surface area contributed by atoms with Crippen molar-refractivity contribution in [2.75, 3.05) is 6.61 Å². The van der Waals surface area contributed by atoms with E-state index in [-0.39, 0.29) is 5.76 Å². The number of carboxylic acids is 1. The minimum Gasteiger partial charge on any atom is -0.489 e. The molecule has 3 rings (SSSR count). The van der Waals surface area contributed by atoms with Crippen molar-refractivity contribution in [2.24, 2.45) is 0 Å². The van der Waals surface area contributed by atoms with Crippen LogP contribution in [0.5, 0.6) is 5.75 Å². The van der Waals surface area contributed by atoms with Gasteiger partial charge in [0.1, 0.15) is 12.4 Å². The Bertz CT molecular complexity index is 963. The van der Waals surface area contributed by atoms with E-state index >= 15 is 0 Å². The second-order valence-electron chi connectivity index (χ2n) is 6.55. The maximum atomic E-state index is 11.4. The molecule has 0 amide bonds. The SMILES string of the molecule is CCOC(=Cc1ccc(Cc2ccccc2)c(OCc2ccccc2)c1)C(=O)O. The highest BCUT2D eigenvalue weighted by molar-refractivity contribution is 5.89. The number of aliphatic carboxylic acids is 1. The summed E-state index contributed by atoms with van der Waals surface area (Å²) in [5.41, 5.74) is 4.01. The van der Waals surface area contributed by atoms with Crippen LogP contribution in [0, 0.1) is 0 Å². The zero-order chi connectivity index (χ0) is 20.5. The summed E-state index contributed by atoms with van der Waals surface area (Å²) in [7, 11) is 0. The highest BCUT2D eigenvalue weighted by Crippen LogP contribution is 2.26. The summed E-state index contributed by atoms with van der Waals surface area (Å²) in [4.78, 5) is 11.4. The Morgan fingerprint density at radius 1 is 0.931 bits per heavy atom. The first-order chi connectivity index (χ1) is 14.2. The quantitative estimate of drug-likeness (QED) is 0.398. The Kier molecular flexibility index (Phi) is 7.06. The molecule has 0 bridgehead atoms. The standard InChI is InChI=1S/C25H24O4/c1-2-28-24(25(26)27)17-21-13-14-22(15-19-9-5-3-6-10-19)23(16-21)29-18-20-11-7-4-8-12-20/h3-14,16-17H,2,15,18H2,1H3,(H,26,27). The normalized spacial score (nSPS) is 11.1. The number of benzene rings is 3. The van der Waals surface area contributed by atoms with Gasteiger partial charge in [-0.3, -0.25) is 0 Å². The third-order valence-corrected chi connectivity index (χ3v) is 4.37. The van der Waals surface area contributed by atoms with Crippen molar-refractivity contribution in [2.45, 2.75) is 20.0 Å². The predicted molar refractivity (Wildman–Crippen MR) is 114 cm³/mol. The average Bonchev–Trinajstić information content (AvgIpc) is 2.75. The van der Waals surface area contributed by atoms with E-state index in [1.807, 2.05) is 66.7 Å². The largest absolute Gasteiger partial charge is 0.489 e. The van der Waals surface area contributed by atoms with Gasteiger partial charge in [-0.1, -0.05) is 72.8 Å². The van der Waals surface area contributed by atoms with Crippen molar-refractivity contribution in [3.8, 4) is 5.75 Å².